The minimum atomic E-state index is -0.0202. The number of aryl methyl sites for hydroxylation is 1. The van der Waals surface area contributed by atoms with Gasteiger partial charge in [-0.25, -0.2) is 0 Å². The molecule has 0 aliphatic rings. The molecule has 0 bridgehead atoms. The fraction of sp³-hybridized carbons (Fsp3) is 0.214. The van der Waals surface area contributed by atoms with Crippen molar-refractivity contribution in [2.24, 2.45) is 0 Å². The van der Waals surface area contributed by atoms with Gasteiger partial charge < -0.3 is 9.73 Å². The average Bonchev–Trinajstić information content (AvgIpc) is 2.69. The van der Waals surface area contributed by atoms with Gasteiger partial charge >= 0.3 is 0 Å². The number of benzene rings is 1. The highest BCUT2D eigenvalue weighted by atomic mass is 16.3. The minimum Gasteiger partial charge on any atom is -0.464 e. The van der Waals surface area contributed by atoms with Crippen molar-refractivity contribution < 1.29 is 9.21 Å². The van der Waals surface area contributed by atoms with E-state index in [1.54, 1.807) is 12.3 Å². The number of hydrogen-bond donors (Lipinski definition) is 1. The molecule has 0 aliphatic heterocycles. The van der Waals surface area contributed by atoms with Crippen molar-refractivity contribution in [1.82, 2.24) is 5.32 Å². The molecule has 2 rings (SSSR count). The number of nitrogens with one attached hydrogen (secondary N) is 1. The minimum absolute atomic E-state index is 0.0202. The fourth-order valence-corrected chi connectivity index (χ4v) is 1.75. The molecule has 2 aromatic rings. The first-order chi connectivity index (χ1) is 8.20. The van der Waals surface area contributed by atoms with Gasteiger partial charge in [0.15, 0.2) is 0 Å². The van der Waals surface area contributed by atoms with Gasteiger partial charge in [0, 0.05) is 17.5 Å². The highest BCUT2D eigenvalue weighted by molar-refractivity contribution is 5.87. The lowest BCUT2D eigenvalue weighted by Crippen LogP contribution is -2.24. The Bertz CT molecular complexity index is 554. The Morgan fingerprint density at radius 3 is 3.12 bits per heavy atom. The highest BCUT2D eigenvalue weighted by Crippen LogP contribution is 2.22. The van der Waals surface area contributed by atoms with Gasteiger partial charge in [0.2, 0.25) is 5.91 Å². The Hall–Kier alpha value is -2.03. The van der Waals surface area contributed by atoms with Crippen LogP contribution in [0.15, 0.2) is 41.5 Å². The van der Waals surface area contributed by atoms with E-state index in [4.69, 9.17) is 4.42 Å². The molecule has 17 heavy (non-hydrogen) atoms. The van der Waals surface area contributed by atoms with Crippen molar-refractivity contribution in [3.8, 4) is 0 Å². The van der Waals surface area contributed by atoms with E-state index in [0.717, 1.165) is 22.1 Å². The van der Waals surface area contributed by atoms with E-state index in [0.29, 0.717) is 13.0 Å². The number of amides is 1. The highest BCUT2D eigenvalue weighted by Gasteiger charge is 2.09. The van der Waals surface area contributed by atoms with Gasteiger partial charge in [-0.2, -0.15) is 0 Å². The molecule has 1 N–H and O–H groups in total. The molecule has 0 atom stereocenters. The van der Waals surface area contributed by atoms with E-state index in [-0.39, 0.29) is 5.91 Å². The summed E-state index contributed by atoms with van der Waals surface area (Å²) in [6, 6.07) is 5.98. The molecule has 1 amide bonds. The molecule has 3 nitrogen and oxygen atoms in total. The Kier molecular flexibility index (Phi) is 3.28. The van der Waals surface area contributed by atoms with Crippen LogP contribution in [0.1, 0.15) is 11.1 Å². The monoisotopic (exact) mass is 229 g/mol. The zero-order valence-electron chi connectivity index (χ0n) is 9.82. The van der Waals surface area contributed by atoms with Crippen LogP contribution in [-0.4, -0.2) is 12.5 Å². The van der Waals surface area contributed by atoms with Gasteiger partial charge in [0.05, 0.1) is 12.7 Å². The second kappa shape index (κ2) is 4.87. The molecule has 1 aromatic carbocycles. The topological polar surface area (TPSA) is 42.2 Å². The van der Waals surface area contributed by atoms with E-state index in [9.17, 15) is 4.79 Å². The van der Waals surface area contributed by atoms with Gasteiger partial charge in [0.1, 0.15) is 5.58 Å². The summed E-state index contributed by atoms with van der Waals surface area (Å²) in [5, 5.41) is 3.75. The summed E-state index contributed by atoms with van der Waals surface area (Å²) >= 11 is 0. The smallest absolute Gasteiger partial charge is 0.224 e. The molecule has 0 fully saturated rings. The lowest BCUT2D eigenvalue weighted by atomic mass is 10.1. The predicted octanol–water partition coefficient (Wildman–Crippen LogP) is 2.59. The van der Waals surface area contributed by atoms with E-state index in [1.165, 1.54) is 0 Å². The summed E-state index contributed by atoms with van der Waals surface area (Å²) < 4.78 is 5.44. The van der Waals surface area contributed by atoms with Crippen LogP contribution in [0, 0.1) is 6.92 Å². The van der Waals surface area contributed by atoms with Crippen LogP contribution < -0.4 is 5.32 Å². The standard InChI is InChI=1S/C14H15NO2/c1-3-6-15-14(16)8-11-9-17-13-7-10(2)4-5-12(11)13/h3-5,7,9H,1,6,8H2,2H3,(H,15,16). The molecular weight excluding hydrogens is 214 g/mol. The summed E-state index contributed by atoms with van der Waals surface area (Å²) in [7, 11) is 0. The lowest BCUT2D eigenvalue weighted by molar-refractivity contribution is -0.120. The lowest BCUT2D eigenvalue weighted by Gasteiger charge is -2.00. The van der Waals surface area contributed by atoms with Crippen molar-refractivity contribution >= 4 is 16.9 Å². The first-order valence-electron chi connectivity index (χ1n) is 5.55. The summed E-state index contributed by atoms with van der Waals surface area (Å²) in [5.74, 6) is -0.0202. The molecule has 0 spiro atoms. The van der Waals surface area contributed by atoms with E-state index >= 15 is 0 Å². The molecule has 0 aliphatic carbocycles. The average molecular weight is 229 g/mol. The Morgan fingerprint density at radius 2 is 2.35 bits per heavy atom. The van der Waals surface area contributed by atoms with E-state index in [2.05, 4.69) is 11.9 Å². The van der Waals surface area contributed by atoms with E-state index < -0.39 is 0 Å². The van der Waals surface area contributed by atoms with Crippen LogP contribution in [0.3, 0.4) is 0 Å². The molecule has 3 heteroatoms. The molecule has 0 radical (unpaired) electrons. The maximum atomic E-state index is 11.6. The summed E-state index contributed by atoms with van der Waals surface area (Å²) in [6.45, 7) is 6.06. The van der Waals surface area contributed by atoms with Gasteiger partial charge in [-0.15, -0.1) is 6.58 Å². The van der Waals surface area contributed by atoms with Gasteiger partial charge in [-0.05, 0) is 18.6 Å². The predicted molar refractivity (Wildman–Crippen MR) is 67.9 cm³/mol. The number of carbonyl (C=O) groups excluding carboxylic acids is 1. The third kappa shape index (κ3) is 2.56. The zero-order valence-corrected chi connectivity index (χ0v) is 9.82. The normalized spacial score (nSPS) is 10.4. The quantitative estimate of drug-likeness (QED) is 0.819. The molecule has 88 valence electrons. The van der Waals surface area contributed by atoms with Crippen molar-refractivity contribution in [2.75, 3.05) is 6.54 Å². The van der Waals surface area contributed by atoms with Gasteiger partial charge in [-0.1, -0.05) is 18.2 Å². The number of fused-ring (bicyclic) bond motifs is 1. The Balaban J connectivity index is 2.19. The van der Waals surface area contributed by atoms with Gasteiger partial charge in [-0.3, -0.25) is 4.79 Å². The van der Waals surface area contributed by atoms with Crippen molar-refractivity contribution in [1.29, 1.82) is 0 Å². The van der Waals surface area contributed by atoms with Crippen LogP contribution >= 0.6 is 0 Å². The molecule has 0 saturated carbocycles. The maximum Gasteiger partial charge on any atom is 0.224 e. The Labute approximate surface area is 100 Å². The van der Waals surface area contributed by atoms with Crippen LogP contribution in [0.2, 0.25) is 0 Å². The van der Waals surface area contributed by atoms with Crippen LogP contribution in [0.5, 0.6) is 0 Å². The molecule has 0 unspecified atom stereocenters. The third-order valence-electron chi connectivity index (χ3n) is 2.61. The largest absolute Gasteiger partial charge is 0.464 e. The maximum absolute atomic E-state index is 11.6. The van der Waals surface area contributed by atoms with Crippen LogP contribution in [0.25, 0.3) is 11.0 Å². The number of hydrogen-bond acceptors (Lipinski definition) is 2. The zero-order chi connectivity index (χ0) is 12.3. The Morgan fingerprint density at radius 1 is 1.53 bits per heavy atom. The first-order valence-corrected chi connectivity index (χ1v) is 5.55. The SMILES string of the molecule is C=CCNC(=O)Cc1coc2cc(C)ccc12. The number of carbonyl (C=O) groups is 1. The first kappa shape index (κ1) is 11.5. The fourth-order valence-electron chi connectivity index (χ4n) is 1.75. The molecule has 1 heterocycles. The molecule has 0 saturated heterocycles. The second-order valence-corrected chi connectivity index (χ2v) is 4.03. The number of furan rings is 1. The van der Waals surface area contributed by atoms with E-state index in [1.807, 2.05) is 25.1 Å². The van der Waals surface area contributed by atoms with Crippen molar-refractivity contribution in [3.63, 3.8) is 0 Å². The summed E-state index contributed by atoms with van der Waals surface area (Å²) in [4.78, 5) is 11.6. The summed E-state index contributed by atoms with van der Waals surface area (Å²) in [6.07, 6.45) is 3.65. The second-order valence-electron chi connectivity index (χ2n) is 4.03. The van der Waals surface area contributed by atoms with Crippen LogP contribution in [0.4, 0.5) is 0 Å². The van der Waals surface area contributed by atoms with Crippen molar-refractivity contribution in [3.05, 3.63) is 48.2 Å². The molecular formula is C14H15NO2. The van der Waals surface area contributed by atoms with Gasteiger partial charge in [0.25, 0.3) is 0 Å². The third-order valence-corrected chi connectivity index (χ3v) is 2.61. The number of rotatable bonds is 4. The molecule has 1 aromatic heterocycles. The summed E-state index contributed by atoms with van der Waals surface area (Å²) in [5.41, 5.74) is 2.90. The van der Waals surface area contributed by atoms with Crippen molar-refractivity contribution in [2.45, 2.75) is 13.3 Å². The van der Waals surface area contributed by atoms with Crippen LogP contribution in [-0.2, 0) is 11.2 Å².